The monoisotopic (exact) mass is 234 g/mol. The van der Waals surface area contributed by atoms with E-state index in [4.69, 9.17) is 11.5 Å². The molecule has 0 spiro atoms. The third-order valence-electron chi connectivity index (χ3n) is 2.06. The molecule has 2 aromatic heterocycles. The zero-order valence-corrected chi connectivity index (χ0v) is 8.97. The third kappa shape index (κ3) is 2.00. The highest BCUT2D eigenvalue weighted by atomic mass is 16.1. The number of aryl methyl sites for hydroxylation is 1. The highest BCUT2D eigenvalue weighted by Crippen LogP contribution is 2.11. The fraction of sp³-hybridized carbons (Fsp3) is 0.111. The lowest BCUT2D eigenvalue weighted by Gasteiger charge is -1.99. The Balaban J connectivity index is 2.57. The Morgan fingerprint density at radius 1 is 1.53 bits per heavy atom. The van der Waals surface area contributed by atoms with Gasteiger partial charge in [-0.05, 0) is 6.92 Å². The molecule has 8 nitrogen and oxygen atoms in total. The number of aromatic nitrogens is 4. The van der Waals surface area contributed by atoms with Crippen molar-refractivity contribution in [3.63, 3.8) is 0 Å². The summed E-state index contributed by atoms with van der Waals surface area (Å²) < 4.78 is 1.23. The summed E-state index contributed by atoms with van der Waals surface area (Å²) in [6, 6.07) is 1.24. The number of hydrogen-bond donors (Lipinski definition) is 3. The van der Waals surface area contributed by atoms with E-state index in [1.807, 2.05) is 0 Å². The summed E-state index contributed by atoms with van der Waals surface area (Å²) in [5, 5.41) is 3.86. The SMILES string of the molecule is Cc1nc(-n2cc(N)c(C(N)=O)n2)cc(=O)[nH]1. The molecule has 0 atom stereocenters. The molecule has 0 aromatic carbocycles. The first kappa shape index (κ1) is 10.9. The van der Waals surface area contributed by atoms with Crippen molar-refractivity contribution in [1.82, 2.24) is 19.7 Å². The number of nitrogens with two attached hydrogens (primary N) is 2. The van der Waals surface area contributed by atoms with E-state index < -0.39 is 5.91 Å². The van der Waals surface area contributed by atoms with Crippen molar-refractivity contribution in [1.29, 1.82) is 0 Å². The van der Waals surface area contributed by atoms with Gasteiger partial charge in [0.15, 0.2) is 11.5 Å². The number of nitrogens with one attached hydrogen (secondary N) is 1. The van der Waals surface area contributed by atoms with Gasteiger partial charge in [0.1, 0.15) is 5.82 Å². The first-order valence-corrected chi connectivity index (χ1v) is 4.70. The Labute approximate surface area is 95.3 Å². The van der Waals surface area contributed by atoms with E-state index in [9.17, 15) is 9.59 Å². The zero-order chi connectivity index (χ0) is 12.6. The predicted molar refractivity (Wildman–Crippen MR) is 59.6 cm³/mol. The van der Waals surface area contributed by atoms with Gasteiger partial charge in [0.05, 0.1) is 11.9 Å². The van der Waals surface area contributed by atoms with Crippen LogP contribution in [0, 0.1) is 6.92 Å². The molecule has 0 bridgehead atoms. The van der Waals surface area contributed by atoms with Crippen molar-refractivity contribution in [2.24, 2.45) is 5.73 Å². The summed E-state index contributed by atoms with van der Waals surface area (Å²) in [6.07, 6.45) is 1.38. The molecule has 0 aliphatic carbocycles. The van der Waals surface area contributed by atoms with Crippen LogP contribution >= 0.6 is 0 Å². The molecule has 17 heavy (non-hydrogen) atoms. The van der Waals surface area contributed by atoms with Crippen molar-refractivity contribution in [2.75, 3.05) is 5.73 Å². The fourth-order valence-corrected chi connectivity index (χ4v) is 1.38. The normalized spacial score (nSPS) is 10.4. The van der Waals surface area contributed by atoms with Crippen molar-refractivity contribution >= 4 is 11.6 Å². The van der Waals surface area contributed by atoms with Crippen LogP contribution in [0.1, 0.15) is 16.3 Å². The maximum atomic E-state index is 11.3. The van der Waals surface area contributed by atoms with Crippen LogP contribution in [-0.2, 0) is 0 Å². The average Bonchev–Trinajstić information content (AvgIpc) is 2.59. The summed E-state index contributed by atoms with van der Waals surface area (Å²) >= 11 is 0. The van der Waals surface area contributed by atoms with Gasteiger partial charge in [-0.25, -0.2) is 9.67 Å². The molecule has 2 aromatic rings. The largest absolute Gasteiger partial charge is 0.396 e. The van der Waals surface area contributed by atoms with E-state index >= 15 is 0 Å². The highest BCUT2D eigenvalue weighted by Gasteiger charge is 2.13. The number of amides is 1. The van der Waals surface area contributed by atoms with Crippen LogP contribution in [0.25, 0.3) is 5.82 Å². The van der Waals surface area contributed by atoms with E-state index in [0.717, 1.165) is 0 Å². The minimum absolute atomic E-state index is 0.0512. The van der Waals surface area contributed by atoms with Gasteiger partial charge in [-0.3, -0.25) is 9.59 Å². The van der Waals surface area contributed by atoms with Crippen molar-refractivity contribution in [3.05, 3.63) is 34.1 Å². The van der Waals surface area contributed by atoms with Gasteiger partial charge < -0.3 is 16.5 Å². The first-order chi connectivity index (χ1) is 7.97. The number of H-pyrrole nitrogens is 1. The van der Waals surface area contributed by atoms with Crippen LogP contribution in [-0.4, -0.2) is 25.7 Å². The number of nitrogen functional groups attached to an aromatic ring is 1. The molecule has 1 amide bonds. The topological polar surface area (TPSA) is 133 Å². The molecule has 0 aliphatic heterocycles. The van der Waals surface area contributed by atoms with Gasteiger partial charge in [-0.1, -0.05) is 0 Å². The van der Waals surface area contributed by atoms with E-state index in [1.165, 1.54) is 16.9 Å². The molecule has 88 valence electrons. The highest BCUT2D eigenvalue weighted by molar-refractivity contribution is 5.95. The Hall–Kier alpha value is -2.64. The van der Waals surface area contributed by atoms with Crippen LogP contribution in [0.4, 0.5) is 5.69 Å². The summed E-state index contributed by atoms with van der Waals surface area (Å²) in [5.74, 6) is -0.0320. The van der Waals surface area contributed by atoms with Gasteiger partial charge in [0.2, 0.25) is 0 Å². The third-order valence-corrected chi connectivity index (χ3v) is 2.06. The second-order valence-electron chi connectivity index (χ2n) is 3.43. The molecule has 2 rings (SSSR count). The first-order valence-electron chi connectivity index (χ1n) is 4.70. The molecule has 0 fully saturated rings. The van der Waals surface area contributed by atoms with E-state index in [1.54, 1.807) is 6.92 Å². The van der Waals surface area contributed by atoms with Crippen LogP contribution in [0.3, 0.4) is 0 Å². The lowest BCUT2D eigenvalue weighted by molar-refractivity contribution is 0.0996. The second kappa shape index (κ2) is 3.74. The molecule has 0 radical (unpaired) electrons. The average molecular weight is 234 g/mol. The maximum Gasteiger partial charge on any atom is 0.271 e. The number of hydrogen-bond acceptors (Lipinski definition) is 5. The van der Waals surface area contributed by atoms with Gasteiger partial charge in [0.25, 0.3) is 11.5 Å². The van der Waals surface area contributed by atoms with Crippen molar-refractivity contribution in [2.45, 2.75) is 6.92 Å². The molecule has 0 unspecified atom stereocenters. The summed E-state index contributed by atoms with van der Waals surface area (Å²) in [6.45, 7) is 1.63. The fourth-order valence-electron chi connectivity index (χ4n) is 1.38. The maximum absolute atomic E-state index is 11.3. The molecule has 5 N–H and O–H groups in total. The van der Waals surface area contributed by atoms with E-state index in [2.05, 4.69) is 15.1 Å². The van der Waals surface area contributed by atoms with E-state index in [0.29, 0.717) is 5.82 Å². The molecule has 0 saturated heterocycles. The Bertz CT molecular complexity index is 641. The summed E-state index contributed by atoms with van der Waals surface area (Å²) in [4.78, 5) is 28.8. The molecule has 2 heterocycles. The van der Waals surface area contributed by atoms with E-state index in [-0.39, 0.29) is 22.8 Å². The number of nitrogens with zero attached hydrogens (tertiary/aromatic N) is 3. The number of carbonyl (C=O) groups excluding carboxylic acids is 1. The molecule has 8 heteroatoms. The zero-order valence-electron chi connectivity index (χ0n) is 8.97. The minimum atomic E-state index is -0.734. The van der Waals surface area contributed by atoms with Crippen LogP contribution in [0.2, 0.25) is 0 Å². The smallest absolute Gasteiger partial charge is 0.271 e. The van der Waals surface area contributed by atoms with Gasteiger partial charge in [-0.2, -0.15) is 5.10 Å². The minimum Gasteiger partial charge on any atom is -0.396 e. The molecule has 0 saturated carbocycles. The van der Waals surface area contributed by atoms with Crippen LogP contribution < -0.4 is 17.0 Å². The number of aromatic amines is 1. The Kier molecular flexibility index (Phi) is 2.39. The molecular formula is C9H10N6O2. The van der Waals surface area contributed by atoms with Gasteiger partial charge in [-0.15, -0.1) is 0 Å². The van der Waals surface area contributed by atoms with Crippen molar-refractivity contribution < 1.29 is 4.79 Å². The lowest BCUT2D eigenvalue weighted by atomic mass is 10.4. The Morgan fingerprint density at radius 2 is 2.24 bits per heavy atom. The second-order valence-corrected chi connectivity index (χ2v) is 3.43. The van der Waals surface area contributed by atoms with Gasteiger partial charge in [0, 0.05) is 6.07 Å². The Morgan fingerprint density at radius 3 is 2.76 bits per heavy atom. The van der Waals surface area contributed by atoms with Crippen LogP contribution in [0.5, 0.6) is 0 Å². The van der Waals surface area contributed by atoms with Crippen LogP contribution in [0.15, 0.2) is 17.1 Å². The lowest BCUT2D eigenvalue weighted by Crippen LogP contribution is -2.15. The number of primary amides is 1. The van der Waals surface area contributed by atoms with Crippen molar-refractivity contribution in [3.8, 4) is 5.82 Å². The standard InChI is InChI=1S/C9H10N6O2/c1-4-12-6(2-7(16)13-4)15-3-5(10)8(14-15)9(11)17/h2-3H,10H2,1H3,(H2,11,17)(H,12,13,16). The van der Waals surface area contributed by atoms with Gasteiger partial charge >= 0.3 is 0 Å². The molecular weight excluding hydrogens is 224 g/mol. The molecule has 0 aliphatic rings. The number of anilines is 1. The quantitative estimate of drug-likeness (QED) is 0.609. The summed E-state index contributed by atoms with van der Waals surface area (Å²) in [5.41, 5.74) is 10.4. The predicted octanol–water partition coefficient (Wildman–Crippen LogP) is -1.05. The number of rotatable bonds is 2. The number of carbonyl (C=O) groups is 1. The summed E-state index contributed by atoms with van der Waals surface area (Å²) in [7, 11) is 0.